The lowest BCUT2D eigenvalue weighted by molar-refractivity contribution is -0.114. The Morgan fingerprint density at radius 1 is 1.16 bits per heavy atom. The summed E-state index contributed by atoms with van der Waals surface area (Å²) >= 11 is 4.57. The average Bonchev–Trinajstić information content (AvgIpc) is 3.43. The highest BCUT2D eigenvalue weighted by Crippen LogP contribution is 2.41. The minimum atomic E-state index is -0.684. The number of ether oxygens (including phenoxy) is 1. The van der Waals surface area contributed by atoms with Crippen LogP contribution in [-0.2, 0) is 9.59 Å². The molecule has 1 atom stereocenters. The third-order valence-corrected chi connectivity index (χ3v) is 7.15. The van der Waals surface area contributed by atoms with Gasteiger partial charge in [-0.2, -0.15) is 5.26 Å². The van der Waals surface area contributed by atoms with Crippen LogP contribution >= 0.6 is 27.7 Å². The second-order valence-corrected chi connectivity index (χ2v) is 9.91. The molecule has 1 aliphatic heterocycles. The van der Waals surface area contributed by atoms with Crippen molar-refractivity contribution < 1.29 is 18.7 Å². The van der Waals surface area contributed by atoms with E-state index in [0.717, 1.165) is 4.47 Å². The molecular weight excluding hydrogens is 556 g/mol. The smallest absolute Gasteiger partial charge is 0.254 e. The Balaban J connectivity index is 1.59. The molecule has 0 aliphatic carbocycles. The van der Waals surface area contributed by atoms with Crippen LogP contribution in [0.2, 0.25) is 0 Å². The Kier molecular flexibility index (Phi) is 8.38. The van der Waals surface area contributed by atoms with Gasteiger partial charge in [0.1, 0.15) is 5.75 Å². The first kappa shape index (κ1) is 26.1. The van der Waals surface area contributed by atoms with Gasteiger partial charge in [-0.25, -0.2) is 0 Å². The van der Waals surface area contributed by atoms with Gasteiger partial charge in [0.15, 0.2) is 0 Å². The predicted molar refractivity (Wildman–Crippen MR) is 147 cm³/mol. The summed E-state index contributed by atoms with van der Waals surface area (Å²) < 4.78 is 11.6. The summed E-state index contributed by atoms with van der Waals surface area (Å²) in [6.07, 6.45) is 3.01. The lowest BCUT2D eigenvalue weighted by Crippen LogP contribution is -2.31. The second-order valence-electron chi connectivity index (χ2n) is 8.01. The SMILES string of the molecule is COc1ccccc1NC(=O)C1=C(C)NC(SCC(=O)Nc2ccc(Br)cc2)=C(C#N)[C@H]1c1ccoc1. The van der Waals surface area contributed by atoms with Crippen LogP contribution in [0, 0.1) is 11.3 Å². The summed E-state index contributed by atoms with van der Waals surface area (Å²) in [5.41, 5.74) is 3.08. The number of halogens is 1. The monoisotopic (exact) mass is 578 g/mol. The fraction of sp³-hybridized carbons (Fsp3) is 0.148. The number of hydrogen-bond acceptors (Lipinski definition) is 7. The van der Waals surface area contributed by atoms with E-state index in [1.807, 2.05) is 18.2 Å². The summed E-state index contributed by atoms with van der Waals surface area (Å²) in [5.74, 6) is -0.707. The number of dihydropyridines is 1. The molecule has 2 amide bonds. The van der Waals surface area contributed by atoms with Crippen molar-refractivity contribution in [3.63, 3.8) is 0 Å². The van der Waals surface area contributed by atoms with Gasteiger partial charge in [-0.3, -0.25) is 9.59 Å². The van der Waals surface area contributed by atoms with Gasteiger partial charge >= 0.3 is 0 Å². The number of allylic oxidation sites excluding steroid dienone is 2. The molecule has 2 heterocycles. The third-order valence-electron chi connectivity index (χ3n) is 5.60. The molecule has 3 aromatic rings. The molecule has 1 aliphatic rings. The highest BCUT2D eigenvalue weighted by Gasteiger charge is 2.35. The van der Waals surface area contributed by atoms with Crippen LogP contribution < -0.4 is 20.7 Å². The van der Waals surface area contributed by atoms with E-state index >= 15 is 0 Å². The number of nitriles is 1. The van der Waals surface area contributed by atoms with Crippen molar-refractivity contribution in [2.45, 2.75) is 12.8 Å². The molecule has 37 heavy (non-hydrogen) atoms. The maximum atomic E-state index is 13.5. The van der Waals surface area contributed by atoms with Crippen LogP contribution in [0.4, 0.5) is 11.4 Å². The Hall–Kier alpha value is -3.94. The number of furan rings is 1. The first-order valence-electron chi connectivity index (χ1n) is 11.2. The molecule has 0 saturated heterocycles. The van der Waals surface area contributed by atoms with Crippen molar-refractivity contribution in [3.8, 4) is 11.8 Å². The van der Waals surface area contributed by atoms with Crippen molar-refractivity contribution in [2.24, 2.45) is 0 Å². The molecule has 8 nitrogen and oxygen atoms in total. The van der Waals surface area contributed by atoms with Crippen LogP contribution in [0.15, 0.2) is 97.9 Å². The minimum absolute atomic E-state index is 0.0672. The van der Waals surface area contributed by atoms with Crippen molar-refractivity contribution >= 4 is 50.9 Å². The maximum absolute atomic E-state index is 13.5. The number of amides is 2. The number of carbonyl (C=O) groups is 2. The first-order valence-corrected chi connectivity index (χ1v) is 13.0. The van der Waals surface area contributed by atoms with Gasteiger partial charge in [0, 0.05) is 27.0 Å². The number of para-hydroxylation sites is 2. The highest BCUT2D eigenvalue weighted by atomic mass is 79.9. The molecule has 0 bridgehead atoms. The Morgan fingerprint density at radius 3 is 2.59 bits per heavy atom. The van der Waals surface area contributed by atoms with Gasteiger partial charge < -0.3 is 25.1 Å². The number of anilines is 2. The van der Waals surface area contributed by atoms with Crippen molar-refractivity contribution in [3.05, 3.63) is 99.0 Å². The van der Waals surface area contributed by atoms with E-state index in [9.17, 15) is 14.9 Å². The zero-order valence-corrected chi connectivity index (χ0v) is 22.4. The van der Waals surface area contributed by atoms with E-state index < -0.39 is 5.92 Å². The van der Waals surface area contributed by atoms with E-state index in [0.29, 0.717) is 44.6 Å². The largest absolute Gasteiger partial charge is 0.495 e. The number of carbonyl (C=O) groups excluding carboxylic acids is 2. The Bertz CT molecular complexity index is 1410. The summed E-state index contributed by atoms with van der Waals surface area (Å²) in [5, 5.41) is 19.6. The second kappa shape index (κ2) is 11.9. The highest BCUT2D eigenvalue weighted by molar-refractivity contribution is 9.10. The molecular formula is C27H23BrN4O4S. The van der Waals surface area contributed by atoms with E-state index in [4.69, 9.17) is 9.15 Å². The minimum Gasteiger partial charge on any atom is -0.495 e. The molecule has 3 N–H and O–H groups in total. The molecule has 4 rings (SSSR count). The summed E-state index contributed by atoms with van der Waals surface area (Å²) in [6, 6.07) is 18.3. The third kappa shape index (κ3) is 6.07. The standard InChI is InChI=1S/C27H23BrN4O4S/c1-16-24(26(34)32-21-5-3-4-6-22(21)35-2)25(17-11-12-36-14-17)20(13-29)27(30-16)37-15-23(33)31-19-9-7-18(28)8-10-19/h3-12,14,25,30H,15H2,1-2H3,(H,31,33)(H,32,34)/t25-/m1/s1. The van der Waals surface area contributed by atoms with E-state index in [1.165, 1.54) is 31.4 Å². The van der Waals surface area contributed by atoms with Crippen molar-refractivity contribution in [2.75, 3.05) is 23.5 Å². The fourth-order valence-electron chi connectivity index (χ4n) is 3.91. The number of rotatable bonds is 8. The number of methoxy groups -OCH3 is 1. The topological polar surface area (TPSA) is 116 Å². The predicted octanol–water partition coefficient (Wildman–Crippen LogP) is 5.76. The summed E-state index contributed by atoms with van der Waals surface area (Å²) in [6.45, 7) is 1.76. The number of thioether (sulfide) groups is 1. The van der Waals surface area contributed by atoms with Gasteiger partial charge in [0.25, 0.3) is 5.91 Å². The average molecular weight is 579 g/mol. The Morgan fingerprint density at radius 2 is 1.92 bits per heavy atom. The van der Waals surface area contributed by atoms with Gasteiger partial charge in [0.2, 0.25) is 5.91 Å². The van der Waals surface area contributed by atoms with E-state index in [-0.39, 0.29) is 17.6 Å². The number of hydrogen-bond donors (Lipinski definition) is 3. The van der Waals surface area contributed by atoms with Gasteiger partial charge in [-0.15, -0.1) is 0 Å². The fourth-order valence-corrected chi connectivity index (χ4v) is 5.06. The zero-order valence-electron chi connectivity index (χ0n) is 20.0. The normalized spacial score (nSPS) is 15.0. The Labute approximate surface area is 226 Å². The molecule has 10 heteroatoms. The van der Waals surface area contributed by atoms with Crippen LogP contribution in [0.1, 0.15) is 18.4 Å². The number of nitrogens with one attached hydrogen (secondary N) is 3. The molecule has 0 saturated carbocycles. The molecule has 0 radical (unpaired) electrons. The van der Waals surface area contributed by atoms with Crippen molar-refractivity contribution in [1.29, 1.82) is 5.26 Å². The lowest BCUT2D eigenvalue weighted by atomic mass is 9.83. The molecule has 1 aromatic heterocycles. The molecule has 188 valence electrons. The quantitative estimate of drug-likeness (QED) is 0.311. The zero-order chi connectivity index (χ0) is 26.4. The molecule has 0 fully saturated rings. The summed E-state index contributed by atoms with van der Waals surface area (Å²) in [4.78, 5) is 26.1. The van der Waals surface area contributed by atoms with Gasteiger partial charge in [0.05, 0.1) is 53.7 Å². The van der Waals surface area contributed by atoms with E-state index in [2.05, 4.69) is 37.9 Å². The summed E-state index contributed by atoms with van der Waals surface area (Å²) in [7, 11) is 1.53. The van der Waals surface area contributed by atoms with E-state index in [1.54, 1.807) is 43.3 Å². The molecule has 0 spiro atoms. The lowest BCUT2D eigenvalue weighted by Gasteiger charge is -2.29. The number of benzene rings is 2. The molecule has 2 aromatic carbocycles. The van der Waals surface area contributed by atoms with Crippen molar-refractivity contribution in [1.82, 2.24) is 5.32 Å². The molecule has 0 unspecified atom stereocenters. The van der Waals surface area contributed by atoms with Gasteiger partial charge in [-0.05, 0) is 49.4 Å². The van der Waals surface area contributed by atoms with Crippen LogP contribution in [-0.4, -0.2) is 24.7 Å². The van der Waals surface area contributed by atoms with Crippen LogP contribution in [0.5, 0.6) is 5.75 Å². The van der Waals surface area contributed by atoms with Crippen LogP contribution in [0.3, 0.4) is 0 Å². The van der Waals surface area contributed by atoms with Crippen LogP contribution in [0.25, 0.3) is 0 Å². The van der Waals surface area contributed by atoms with Gasteiger partial charge in [-0.1, -0.05) is 39.8 Å². The first-order chi connectivity index (χ1) is 17.9. The maximum Gasteiger partial charge on any atom is 0.254 e. The number of nitrogens with zero attached hydrogens (tertiary/aromatic N) is 1.